The van der Waals surface area contributed by atoms with Gasteiger partial charge in [-0.05, 0) is 12.8 Å². The summed E-state index contributed by atoms with van der Waals surface area (Å²) in [5.41, 5.74) is 5.36. The molecule has 0 radical (unpaired) electrons. The molecule has 0 amide bonds. The number of ether oxygens (including phenoxy) is 1. The molecule has 0 aliphatic heterocycles. The second kappa shape index (κ2) is 16.1. The zero-order valence-corrected chi connectivity index (χ0v) is 12.1. The van der Waals surface area contributed by atoms with Crippen LogP contribution >= 0.6 is 0 Å². The molecule has 0 aliphatic rings. The molecule has 0 fully saturated rings. The summed E-state index contributed by atoms with van der Waals surface area (Å²) in [7, 11) is 0. The third kappa shape index (κ3) is 15.1. The summed E-state index contributed by atoms with van der Waals surface area (Å²) in [5.74, 6) is -0.257. The maximum absolute atomic E-state index is 11.2. The largest absolute Gasteiger partial charge is 0.466 e. The van der Waals surface area contributed by atoms with Crippen molar-refractivity contribution in [2.75, 3.05) is 6.61 Å². The molecule has 0 bridgehead atoms. The van der Waals surface area contributed by atoms with Gasteiger partial charge in [0.05, 0.1) is 12.6 Å². The Morgan fingerprint density at radius 2 is 1.83 bits per heavy atom. The molecule has 0 saturated heterocycles. The van der Waals surface area contributed by atoms with Crippen molar-refractivity contribution in [1.29, 1.82) is 0 Å². The molecule has 4 heteroatoms. The fraction of sp³-hybridized carbons (Fsp3) is 0.857. The minimum atomic E-state index is -0.544. The number of esters is 1. The lowest BCUT2D eigenvalue weighted by atomic mass is 10.2. The van der Waals surface area contributed by atoms with Gasteiger partial charge < -0.3 is 15.3 Å². The van der Waals surface area contributed by atoms with Gasteiger partial charge in [-0.3, -0.25) is 4.79 Å². The smallest absolute Gasteiger partial charge is 0.305 e. The summed E-state index contributed by atoms with van der Waals surface area (Å²) in [6, 6.07) is -0.544. The van der Waals surface area contributed by atoms with E-state index in [4.69, 9.17) is 10.5 Å². The van der Waals surface area contributed by atoms with Crippen LogP contribution in [0.5, 0.6) is 0 Å². The molecular weight excluding hydrogens is 230 g/mol. The third-order valence-corrected chi connectivity index (χ3v) is 2.37. The predicted molar refractivity (Wildman–Crippen MR) is 74.3 cm³/mol. The van der Waals surface area contributed by atoms with Gasteiger partial charge in [-0.1, -0.05) is 46.5 Å². The van der Waals surface area contributed by atoms with E-state index in [0.29, 0.717) is 19.3 Å². The van der Waals surface area contributed by atoms with Gasteiger partial charge in [0.25, 0.3) is 0 Å². The van der Waals surface area contributed by atoms with Gasteiger partial charge in [-0.15, -0.1) is 0 Å². The first-order chi connectivity index (χ1) is 8.70. The Bertz CT molecular complexity index is 195. The highest BCUT2D eigenvalue weighted by molar-refractivity contribution is 5.70. The van der Waals surface area contributed by atoms with Crippen molar-refractivity contribution in [2.45, 2.75) is 71.8 Å². The lowest BCUT2D eigenvalue weighted by Crippen LogP contribution is -2.22. The summed E-state index contributed by atoms with van der Waals surface area (Å²) in [6.45, 7) is 6.65. The number of nitrogens with two attached hydrogens (primary N) is 1. The molecule has 0 aromatic heterocycles. The van der Waals surface area contributed by atoms with Crippen LogP contribution in [0.3, 0.4) is 0 Å². The van der Waals surface area contributed by atoms with Crippen LogP contribution in [0, 0.1) is 0 Å². The van der Waals surface area contributed by atoms with Crippen LogP contribution in [-0.2, 0) is 14.3 Å². The normalized spacial score (nSPS) is 11.1. The van der Waals surface area contributed by atoms with Crippen molar-refractivity contribution in [3.05, 3.63) is 0 Å². The average Bonchev–Trinajstić information content (AvgIpc) is 2.42. The molecule has 0 aromatic rings. The maximum Gasteiger partial charge on any atom is 0.305 e. The third-order valence-electron chi connectivity index (χ3n) is 2.37. The molecule has 0 spiro atoms. The Balaban J connectivity index is 0. The molecule has 0 heterocycles. The number of hydrogen-bond acceptors (Lipinski definition) is 4. The van der Waals surface area contributed by atoms with E-state index in [1.807, 2.05) is 13.8 Å². The molecule has 0 saturated carbocycles. The Labute approximate surface area is 111 Å². The van der Waals surface area contributed by atoms with Crippen molar-refractivity contribution in [1.82, 2.24) is 0 Å². The lowest BCUT2D eigenvalue weighted by Gasteiger charge is -2.05. The Morgan fingerprint density at radius 1 is 1.22 bits per heavy atom. The van der Waals surface area contributed by atoms with Crippen LogP contribution in [0.25, 0.3) is 0 Å². The quantitative estimate of drug-likeness (QED) is 0.372. The number of carbonyl (C=O) groups is 2. The van der Waals surface area contributed by atoms with E-state index >= 15 is 0 Å². The van der Waals surface area contributed by atoms with Gasteiger partial charge in [-0.2, -0.15) is 0 Å². The van der Waals surface area contributed by atoms with Gasteiger partial charge in [-0.25, -0.2) is 0 Å². The highest BCUT2D eigenvalue weighted by Gasteiger charge is 2.06. The lowest BCUT2D eigenvalue weighted by molar-refractivity contribution is -0.143. The fourth-order valence-corrected chi connectivity index (χ4v) is 1.32. The van der Waals surface area contributed by atoms with E-state index in [1.165, 1.54) is 19.3 Å². The van der Waals surface area contributed by atoms with Gasteiger partial charge in [0.1, 0.15) is 6.29 Å². The molecule has 1 atom stereocenters. The van der Waals surface area contributed by atoms with Gasteiger partial charge in [0.2, 0.25) is 0 Å². The van der Waals surface area contributed by atoms with Crippen LogP contribution in [-0.4, -0.2) is 24.9 Å². The standard InChI is InChI=1S/C12H23NO3.C2H6/c1-2-3-4-5-6-9-16-12(15)8-7-11(13)10-14;1-2/h10-11H,2-9,13H2,1H3;1-2H3. The molecule has 0 aliphatic carbocycles. The molecule has 108 valence electrons. The van der Waals surface area contributed by atoms with E-state index in [9.17, 15) is 9.59 Å². The minimum absolute atomic E-state index is 0.231. The number of unbranched alkanes of at least 4 members (excludes halogenated alkanes) is 4. The Morgan fingerprint density at radius 3 is 2.39 bits per heavy atom. The van der Waals surface area contributed by atoms with E-state index < -0.39 is 6.04 Å². The second-order valence-electron chi connectivity index (χ2n) is 3.97. The summed E-state index contributed by atoms with van der Waals surface area (Å²) in [4.78, 5) is 21.4. The van der Waals surface area contributed by atoms with Crippen molar-refractivity contribution in [2.24, 2.45) is 5.73 Å². The molecular formula is C14H29NO3. The highest BCUT2D eigenvalue weighted by Crippen LogP contribution is 2.03. The zero-order chi connectivity index (χ0) is 14.2. The predicted octanol–water partition coefficient (Wildman–Crippen LogP) is 2.83. The van der Waals surface area contributed by atoms with E-state index in [-0.39, 0.29) is 12.4 Å². The summed E-state index contributed by atoms with van der Waals surface area (Å²) in [6.07, 6.45) is 6.93. The first-order valence-electron chi connectivity index (χ1n) is 7.07. The topological polar surface area (TPSA) is 69.4 Å². The molecule has 18 heavy (non-hydrogen) atoms. The number of aldehydes is 1. The molecule has 4 nitrogen and oxygen atoms in total. The van der Waals surface area contributed by atoms with Crippen LogP contribution in [0.15, 0.2) is 0 Å². The van der Waals surface area contributed by atoms with Crippen molar-refractivity contribution < 1.29 is 14.3 Å². The van der Waals surface area contributed by atoms with Crippen molar-refractivity contribution in [3.63, 3.8) is 0 Å². The van der Waals surface area contributed by atoms with E-state index in [2.05, 4.69) is 6.92 Å². The number of hydrogen-bond donors (Lipinski definition) is 1. The average molecular weight is 259 g/mol. The highest BCUT2D eigenvalue weighted by atomic mass is 16.5. The van der Waals surface area contributed by atoms with E-state index in [0.717, 1.165) is 12.8 Å². The summed E-state index contributed by atoms with van der Waals surface area (Å²) < 4.78 is 5.01. The first kappa shape index (κ1) is 19.4. The number of rotatable bonds is 10. The van der Waals surface area contributed by atoms with Gasteiger partial charge >= 0.3 is 5.97 Å². The first-order valence-corrected chi connectivity index (χ1v) is 7.07. The van der Waals surface area contributed by atoms with Crippen LogP contribution < -0.4 is 5.73 Å². The maximum atomic E-state index is 11.2. The van der Waals surface area contributed by atoms with Gasteiger partial charge in [0.15, 0.2) is 0 Å². The Hall–Kier alpha value is -0.900. The van der Waals surface area contributed by atoms with Crippen LogP contribution in [0.1, 0.15) is 65.7 Å². The van der Waals surface area contributed by atoms with Crippen molar-refractivity contribution >= 4 is 12.3 Å². The molecule has 0 aromatic carbocycles. The van der Waals surface area contributed by atoms with Crippen molar-refractivity contribution in [3.8, 4) is 0 Å². The zero-order valence-electron chi connectivity index (χ0n) is 12.1. The fourth-order valence-electron chi connectivity index (χ4n) is 1.32. The molecule has 1 unspecified atom stereocenters. The summed E-state index contributed by atoms with van der Waals surface area (Å²) in [5, 5.41) is 0. The van der Waals surface area contributed by atoms with Gasteiger partial charge in [0, 0.05) is 6.42 Å². The molecule has 2 N–H and O–H groups in total. The molecule has 0 rings (SSSR count). The SMILES string of the molecule is CC.CCCCCCCOC(=O)CCC(N)C=O. The van der Waals surface area contributed by atoms with Crippen LogP contribution in [0.4, 0.5) is 0 Å². The second-order valence-corrected chi connectivity index (χ2v) is 3.97. The van der Waals surface area contributed by atoms with Crippen LogP contribution in [0.2, 0.25) is 0 Å². The monoisotopic (exact) mass is 259 g/mol. The minimum Gasteiger partial charge on any atom is -0.466 e. The summed E-state index contributed by atoms with van der Waals surface area (Å²) >= 11 is 0. The Kier molecular flexibility index (Phi) is 17.4. The van der Waals surface area contributed by atoms with E-state index in [1.54, 1.807) is 0 Å². The number of carbonyl (C=O) groups excluding carboxylic acids is 2.